The zero-order valence-corrected chi connectivity index (χ0v) is 6.45. The second-order valence-corrected chi connectivity index (χ2v) is 3.08. The molecule has 11 heavy (non-hydrogen) atoms. The smallest absolute Gasteiger partial charge is 0.310 e. The molecule has 2 bridgehead atoms. The highest BCUT2D eigenvalue weighted by atomic mass is 16.9. The molecule has 0 amide bonds. The van der Waals surface area contributed by atoms with Crippen molar-refractivity contribution in [3.05, 3.63) is 0 Å². The van der Waals surface area contributed by atoms with Crippen LogP contribution in [0.25, 0.3) is 0 Å². The molecule has 0 saturated carbocycles. The summed E-state index contributed by atoms with van der Waals surface area (Å²) in [5, 5.41) is 9.28. The molecule has 0 spiro atoms. The fourth-order valence-corrected chi connectivity index (χ4v) is 1.33. The summed E-state index contributed by atoms with van der Waals surface area (Å²) in [5.41, 5.74) is 0. The number of hydrogen-bond donors (Lipinski definition) is 1. The molecule has 0 radical (unpaired) electrons. The molecule has 4 heteroatoms. The molecule has 3 heterocycles. The average molecular weight is 160 g/mol. The summed E-state index contributed by atoms with van der Waals surface area (Å²) in [6.45, 7) is 3.49. The van der Waals surface area contributed by atoms with Crippen LogP contribution < -0.4 is 0 Å². The van der Waals surface area contributed by atoms with Crippen LogP contribution in [-0.2, 0) is 14.2 Å². The summed E-state index contributed by atoms with van der Waals surface area (Å²) >= 11 is 0. The zero-order chi connectivity index (χ0) is 7.90. The van der Waals surface area contributed by atoms with Crippen molar-refractivity contribution in [2.24, 2.45) is 5.92 Å². The van der Waals surface area contributed by atoms with Gasteiger partial charge in [-0.1, -0.05) is 0 Å². The Balaban J connectivity index is 2.12. The Morgan fingerprint density at radius 1 is 1.27 bits per heavy atom. The van der Waals surface area contributed by atoms with E-state index >= 15 is 0 Å². The van der Waals surface area contributed by atoms with E-state index in [1.807, 2.05) is 0 Å². The van der Waals surface area contributed by atoms with E-state index in [-0.39, 0.29) is 0 Å². The lowest BCUT2D eigenvalue weighted by Gasteiger charge is -2.46. The number of aliphatic hydroxyl groups is 1. The van der Waals surface area contributed by atoms with Crippen LogP contribution in [0.2, 0.25) is 0 Å². The molecular formula is C7H12O4. The maximum Gasteiger partial charge on any atom is 0.310 e. The van der Waals surface area contributed by atoms with Crippen LogP contribution in [0.3, 0.4) is 0 Å². The van der Waals surface area contributed by atoms with Gasteiger partial charge in [0.1, 0.15) is 6.10 Å². The van der Waals surface area contributed by atoms with Crippen LogP contribution in [0.15, 0.2) is 0 Å². The van der Waals surface area contributed by atoms with E-state index in [0.717, 1.165) is 0 Å². The Morgan fingerprint density at radius 3 is 2.00 bits per heavy atom. The lowest BCUT2D eigenvalue weighted by atomic mass is 10.1. The normalized spacial score (nSPS) is 45.8. The quantitative estimate of drug-likeness (QED) is 0.573. The van der Waals surface area contributed by atoms with Crippen LogP contribution >= 0.6 is 0 Å². The Morgan fingerprint density at radius 2 is 1.73 bits per heavy atom. The highest BCUT2D eigenvalue weighted by Gasteiger charge is 2.48. The first-order valence-corrected chi connectivity index (χ1v) is 3.83. The molecule has 64 valence electrons. The van der Waals surface area contributed by atoms with Crippen LogP contribution in [-0.4, -0.2) is 37.0 Å². The molecule has 1 unspecified atom stereocenters. The minimum Gasteiger partial charge on any atom is -0.385 e. The Hall–Kier alpha value is -0.160. The first kappa shape index (κ1) is 7.49. The number of hydrogen-bond acceptors (Lipinski definition) is 4. The average Bonchev–Trinajstić information content (AvgIpc) is 2.08. The molecule has 0 aromatic heterocycles. The lowest BCUT2D eigenvalue weighted by molar-refractivity contribution is -0.470. The summed E-state index contributed by atoms with van der Waals surface area (Å²) < 4.78 is 15.7. The van der Waals surface area contributed by atoms with Gasteiger partial charge in [-0.05, 0) is 6.92 Å². The van der Waals surface area contributed by atoms with Crippen LogP contribution in [0.5, 0.6) is 0 Å². The van der Waals surface area contributed by atoms with Gasteiger partial charge >= 0.3 is 5.97 Å². The molecule has 3 saturated heterocycles. The van der Waals surface area contributed by atoms with Crippen molar-refractivity contribution in [2.75, 3.05) is 19.8 Å². The van der Waals surface area contributed by atoms with Gasteiger partial charge in [0, 0.05) is 5.92 Å². The van der Waals surface area contributed by atoms with E-state index in [9.17, 15) is 5.11 Å². The van der Waals surface area contributed by atoms with E-state index in [1.165, 1.54) is 0 Å². The summed E-state index contributed by atoms with van der Waals surface area (Å²) in [4.78, 5) is 0. The molecule has 1 N–H and O–H groups in total. The minimum atomic E-state index is -1.16. The largest absolute Gasteiger partial charge is 0.385 e. The molecule has 3 aliphatic heterocycles. The van der Waals surface area contributed by atoms with Gasteiger partial charge in [-0.25, -0.2) is 0 Å². The predicted molar refractivity (Wildman–Crippen MR) is 35.8 cm³/mol. The monoisotopic (exact) mass is 160 g/mol. The first-order valence-electron chi connectivity index (χ1n) is 3.83. The van der Waals surface area contributed by atoms with Crippen molar-refractivity contribution < 1.29 is 19.3 Å². The van der Waals surface area contributed by atoms with Gasteiger partial charge in [0.2, 0.25) is 0 Å². The molecule has 0 aliphatic carbocycles. The number of ether oxygens (including phenoxy) is 3. The van der Waals surface area contributed by atoms with Crippen molar-refractivity contribution in [1.29, 1.82) is 0 Å². The van der Waals surface area contributed by atoms with Crippen LogP contribution in [0.1, 0.15) is 6.92 Å². The van der Waals surface area contributed by atoms with Crippen molar-refractivity contribution in [2.45, 2.75) is 19.0 Å². The second kappa shape index (κ2) is 2.42. The third-order valence-corrected chi connectivity index (χ3v) is 2.07. The lowest BCUT2D eigenvalue weighted by Crippen LogP contribution is -2.59. The fraction of sp³-hybridized carbons (Fsp3) is 1.00. The summed E-state index contributed by atoms with van der Waals surface area (Å²) in [7, 11) is 0. The summed E-state index contributed by atoms with van der Waals surface area (Å²) in [6.07, 6.45) is -0.733. The van der Waals surface area contributed by atoms with E-state index in [2.05, 4.69) is 0 Å². The van der Waals surface area contributed by atoms with Gasteiger partial charge in [0.15, 0.2) is 0 Å². The maximum absolute atomic E-state index is 9.28. The molecule has 4 nitrogen and oxygen atoms in total. The van der Waals surface area contributed by atoms with Crippen LogP contribution in [0.4, 0.5) is 0 Å². The maximum atomic E-state index is 9.28. The van der Waals surface area contributed by atoms with Gasteiger partial charge < -0.3 is 19.3 Å². The van der Waals surface area contributed by atoms with Crippen LogP contribution in [0, 0.1) is 5.92 Å². The second-order valence-electron chi connectivity index (χ2n) is 3.08. The molecule has 0 aromatic carbocycles. The Labute approximate surface area is 65.1 Å². The number of fused-ring (bicyclic) bond motifs is 3. The van der Waals surface area contributed by atoms with Crippen molar-refractivity contribution in [3.63, 3.8) is 0 Å². The van der Waals surface area contributed by atoms with Crippen molar-refractivity contribution in [3.8, 4) is 0 Å². The fourth-order valence-electron chi connectivity index (χ4n) is 1.33. The van der Waals surface area contributed by atoms with Crippen molar-refractivity contribution in [1.82, 2.24) is 0 Å². The standard InChI is InChI=1S/C7H12O4/c1-5(8)7-9-2-6(3-10-7)4-11-7/h5-6,8H,2-4H2,1H3. The minimum absolute atomic E-state index is 0.343. The molecule has 3 fully saturated rings. The first-order chi connectivity index (χ1) is 5.23. The van der Waals surface area contributed by atoms with Gasteiger partial charge in [0.05, 0.1) is 19.8 Å². The Kier molecular flexibility index (Phi) is 1.64. The molecular weight excluding hydrogens is 148 g/mol. The third-order valence-electron chi connectivity index (χ3n) is 2.07. The van der Waals surface area contributed by atoms with Gasteiger partial charge in [-0.3, -0.25) is 0 Å². The van der Waals surface area contributed by atoms with E-state index in [4.69, 9.17) is 14.2 Å². The number of rotatable bonds is 1. The summed E-state index contributed by atoms with van der Waals surface area (Å²) in [6, 6.07) is 0. The SMILES string of the molecule is CC(O)C12OCC(CO1)CO2. The van der Waals surface area contributed by atoms with Crippen molar-refractivity contribution >= 4 is 0 Å². The number of aliphatic hydroxyl groups excluding tert-OH is 1. The van der Waals surface area contributed by atoms with E-state index < -0.39 is 12.1 Å². The molecule has 0 aromatic rings. The molecule has 1 atom stereocenters. The van der Waals surface area contributed by atoms with E-state index in [1.54, 1.807) is 6.92 Å². The third kappa shape index (κ3) is 1.06. The predicted octanol–water partition coefficient (Wildman–Crippen LogP) is -0.286. The molecule has 3 rings (SSSR count). The van der Waals surface area contributed by atoms with E-state index in [0.29, 0.717) is 25.7 Å². The Bertz CT molecular complexity index is 135. The highest BCUT2D eigenvalue weighted by molar-refractivity contribution is 4.78. The topological polar surface area (TPSA) is 47.9 Å². The zero-order valence-electron chi connectivity index (χ0n) is 6.45. The van der Waals surface area contributed by atoms with Gasteiger partial charge in [-0.2, -0.15) is 0 Å². The highest BCUT2D eigenvalue weighted by Crippen LogP contribution is 2.32. The van der Waals surface area contributed by atoms with Gasteiger partial charge in [-0.15, -0.1) is 0 Å². The van der Waals surface area contributed by atoms with Gasteiger partial charge in [0.25, 0.3) is 0 Å². The molecule has 3 aliphatic rings. The summed E-state index contributed by atoms with van der Waals surface area (Å²) in [5.74, 6) is -0.815.